The molecule has 11 heteroatoms. The van der Waals surface area contributed by atoms with Crippen LogP contribution in [0.3, 0.4) is 0 Å². The van der Waals surface area contributed by atoms with Crippen LogP contribution < -0.4 is 10.6 Å². The van der Waals surface area contributed by atoms with E-state index < -0.39 is 0 Å². The summed E-state index contributed by atoms with van der Waals surface area (Å²) >= 11 is 1.34. The number of benzene rings is 1. The molecule has 42 heavy (non-hydrogen) atoms. The zero-order valence-electron chi connectivity index (χ0n) is 24.5. The summed E-state index contributed by atoms with van der Waals surface area (Å²) in [5.41, 5.74) is 3.84. The molecular formula is C31H37FN8OS. The van der Waals surface area contributed by atoms with Crippen molar-refractivity contribution < 1.29 is 9.18 Å². The Morgan fingerprint density at radius 3 is 2.74 bits per heavy atom. The van der Waals surface area contributed by atoms with Crippen LogP contribution in [0.25, 0.3) is 22.2 Å². The van der Waals surface area contributed by atoms with Gasteiger partial charge in [-0.1, -0.05) is 13.0 Å². The minimum Gasteiger partial charge on any atom is -0.357 e. The van der Waals surface area contributed by atoms with E-state index in [1.807, 2.05) is 25.4 Å². The molecule has 9 nitrogen and oxygen atoms in total. The molecule has 2 saturated heterocycles. The average molecular weight is 589 g/mol. The van der Waals surface area contributed by atoms with Gasteiger partial charge in [-0.3, -0.25) is 9.69 Å². The molecule has 3 N–H and O–H groups in total. The van der Waals surface area contributed by atoms with Gasteiger partial charge >= 0.3 is 0 Å². The molecule has 1 unspecified atom stereocenters. The van der Waals surface area contributed by atoms with Crippen LogP contribution in [-0.2, 0) is 4.79 Å². The number of rotatable bonds is 8. The number of hydrogen-bond donors (Lipinski definition) is 3. The number of halogens is 1. The number of anilines is 3. The third-order valence-electron chi connectivity index (χ3n) is 8.75. The monoisotopic (exact) mass is 588 g/mol. The Labute approximate surface area is 249 Å². The number of carbonyl (C=O) groups is 1. The van der Waals surface area contributed by atoms with Gasteiger partial charge in [-0.15, -0.1) is 11.8 Å². The molecule has 3 aromatic heterocycles. The average Bonchev–Trinajstić information content (AvgIpc) is 3.41. The van der Waals surface area contributed by atoms with Crippen molar-refractivity contribution in [2.45, 2.75) is 44.0 Å². The number of fused-ring (bicyclic) bond motifs is 1. The zero-order chi connectivity index (χ0) is 29.4. The molecule has 0 aliphatic carbocycles. The number of pyridine rings is 1. The lowest BCUT2D eigenvalue weighted by Gasteiger charge is -2.55. The molecule has 6 rings (SSSR count). The number of piperidine rings is 1. The van der Waals surface area contributed by atoms with Crippen LogP contribution in [0.5, 0.6) is 0 Å². The van der Waals surface area contributed by atoms with Gasteiger partial charge in [-0.2, -0.15) is 0 Å². The van der Waals surface area contributed by atoms with Crippen LogP contribution >= 0.6 is 11.8 Å². The van der Waals surface area contributed by atoms with Crippen LogP contribution in [0.1, 0.15) is 31.7 Å². The van der Waals surface area contributed by atoms with Gasteiger partial charge in [0, 0.05) is 47.5 Å². The summed E-state index contributed by atoms with van der Waals surface area (Å²) in [5, 5.41) is 7.01. The lowest BCUT2D eigenvalue weighted by molar-refractivity contribution is -0.130. The first-order valence-electron chi connectivity index (χ1n) is 14.4. The van der Waals surface area contributed by atoms with Gasteiger partial charge in [-0.25, -0.2) is 19.3 Å². The fraction of sp³-hybridized carbons (Fsp3) is 0.419. The third-order valence-corrected chi connectivity index (χ3v) is 9.51. The lowest BCUT2D eigenvalue weighted by Crippen LogP contribution is -2.64. The SMILES string of the molecule is CCC(C(=O)Nc1nccc2c(-c3nc(Nc4cccc(SC)c4F)ncc3C)c[nH]c12)N1CC2(CCN(C)CC2)C1. The van der Waals surface area contributed by atoms with Crippen molar-refractivity contribution in [1.82, 2.24) is 29.7 Å². The van der Waals surface area contributed by atoms with E-state index in [0.29, 0.717) is 33.5 Å². The van der Waals surface area contributed by atoms with Crippen molar-refractivity contribution in [2.75, 3.05) is 50.1 Å². The summed E-state index contributed by atoms with van der Waals surface area (Å²) in [6.45, 7) is 8.22. The maximum Gasteiger partial charge on any atom is 0.242 e. The summed E-state index contributed by atoms with van der Waals surface area (Å²) in [4.78, 5) is 35.7. The Balaban J connectivity index is 1.21. The lowest BCUT2D eigenvalue weighted by atomic mass is 9.71. The second-order valence-corrected chi connectivity index (χ2v) is 12.4. The van der Waals surface area contributed by atoms with Gasteiger partial charge < -0.3 is 20.5 Å². The zero-order valence-corrected chi connectivity index (χ0v) is 25.3. The van der Waals surface area contributed by atoms with Gasteiger partial charge in [0.1, 0.15) is 0 Å². The first-order chi connectivity index (χ1) is 20.3. The molecule has 1 amide bonds. The second-order valence-electron chi connectivity index (χ2n) is 11.6. The number of thioether (sulfide) groups is 1. The Morgan fingerprint density at radius 2 is 2.00 bits per heavy atom. The van der Waals surface area contributed by atoms with Crippen LogP contribution in [0.2, 0.25) is 0 Å². The molecule has 1 spiro atoms. The quantitative estimate of drug-likeness (QED) is 0.226. The minimum atomic E-state index is -0.334. The van der Waals surface area contributed by atoms with Crippen molar-refractivity contribution in [1.29, 1.82) is 0 Å². The highest BCUT2D eigenvalue weighted by Gasteiger charge is 2.47. The maximum absolute atomic E-state index is 14.8. The molecule has 1 atom stereocenters. The topological polar surface area (TPSA) is 102 Å². The van der Waals surface area contributed by atoms with E-state index in [1.165, 1.54) is 24.6 Å². The third kappa shape index (κ3) is 5.36. The predicted octanol–water partition coefficient (Wildman–Crippen LogP) is 5.68. The first-order valence-corrected chi connectivity index (χ1v) is 15.7. The Hall–Kier alpha value is -3.54. The molecule has 1 aromatic carbocycles. The molecule has 5 heterocycles. The molecule has 2 fully saturated rings. The molecule has 0 bridgehead atoms. The highest BCUT2D eigenvalue weighted by molar-refractivity contribution is 7.98. The summed E-state index contributed by atoms with van der Waals surface area (Å²) in [7, 11) is 2.18. The van der Waals surface area contributed by atoms with Gasteiger partial charge in [0.15, 0.2) is 11.6 Å². The van der Waals surface area contributed by atoms with Crippen LogP contribution in [0, 0.1) is 18.2 Å². The van der Waals surface area contributed by atoms with E-state index in [2.05, 4.69) is 49.4 Å². The Morgan fingerprint density at radius 1 is 1.21 bits per heavy atom. The number of amides is 1. The molecular weight excluding hydrogens is 551 g/mol. The molecule has 4 aromatic rings. The number of nitrogens with one attached hydrogen (secondary N) is 3. The fourth-order valence-electron chi connectivity index (χ4n) is 6.26. The molecule has 2 aliphatic heterocycles. The number of H-pyrrole nitrogens is 1. The summed E-state index contributed by atoms with van der Waals surface area (Å²) in [6, 6.07) is 6.92. The largest absolute Gasteiger partial charge is 0.357 e. The van der Waals surface area contributed by atoms with Crippen molar-refractivity contribution in [2.24, 2.45) is 5.41 Å². The number of aromatic amines is 1. The van der Waals surface area contributed by atoms with Crippen molar-refractivity contribution in [3.63, 3.8) is 0 Å². The molecule has 220 valence electrons. The van der Waals surface area contributed by atoms with Crippen LogP contribution in [0.4, 0.5) is 21.8 Å². The Kier molecular flexibility index (Phi) is 7.91. The van der Waals surface area contributed by atoms with Gasteiger partial charge in [0.2, 0.25) is 11.9 Å². The van der Waals surface area contributed by atoms with Gasteiger partial charge in [0.05, 0.1) is 22.9 Å². The van der Waals surface area contributed by atoms with Crippen molar-refractivity contribution in [3.05, 3.63) is 54.2 Å². The van der Waals surface area contributed by atoms with Crippen LogP contribution in [-0.4, -0.2) is 81.2 Å². The van der Waals surface area contributed by atoms with Gasteiger partial charge in [0.25, 0.3) is 0 Å². The fourth-order valence-corrected chi connectivity index (χ4v) is 6.76. The predicted molar refractivity (Wildman–Crippen MR) is 167 cm³/mol. The van der Waals surface area contributed by atoms with Crippen molar-refractivity contribution >= 4 is 46.0 Å². The second kappa shape index (κ2) is 11.6. The van der Waals surface area contributed by atoms with E-state index in [-0.39, 0.29) is 17.8 Å². The normalized spacial score (nSPS) is 17.7. The van der Waals surface area contributed by atoms with E-state index in [0.717, 1.165) is 54.6 Å². The summed E-state index contributed by atoms with van der Waals surface area (Å²) < 4.78 is 14.8. The Bertz CT molecular complexity index is 1610. The van der Waals surface area contributed by atoms with E-state index in [9.17, 15) is 9.18 Å². The molecule has 2 aliphatic rings. The standard InChI is InChI=1S/C31H37FN8OS/c1-5-23(40-17-31(18-40)10-13-39(3)14-11-31)29(41)38-28-27-20(9-12-33-28)21(16-34-27)26-19(2)15-35-30(37-26)36-22-7-6-8-24(42-4)25(22)32/h6-9,12,15-16,23,34H,5,10-11,13-14,17-18H2,1-4H3,(H,33,38,41)(H,35,36,37). The van der Waals surface area contributed by atoms with E-state index >= 15 is 0 Å². The number of likely N-dealkylation sites (tertiary alicyclic amines) is 2. The summed E-state index contributed by atoms with van der Waals surface area (Å²) in [5.74, 6) is 0.431. The minimum absolute atomic E-state index is 0.0318. The maximum atomic E-state index is 14.8. The summed E-state index contributed by atoms with van der Waals surface area (Å²) in [6.07, 6.45) is 10.3. The molecule has 0 radical (unpaired) electrons. The van der Waals surface area contributed by atoms with E-state index in [4.69, 9.17) is 4.98 Å². The number of carbonyl (C=O) groups excluding carboxylic acids is 1. The highest BCUT2D eigenvalue weighted by Crippen LogP contribution is 2.42. The number of aryl methyl sites for hydroxylation is 1. The number of hydrogen-bond acceptors (Lipinski definition) is 8. The molecule has 0 saturated carbocycles. The number of aromatic nitrogens is 4. The smallest absolute Gasteiger partial charge is 0.242 e. The van der Waals surface area contributed by atoms with Crippen LogP contribution in [0.15, 0.2) is 47.8 Å². The van der Waals surface area contributed by atoms with Gasteiger partial charge in [-0.05, 0) is 81.8 Å². The highest BCUT2D eigenvalue weighted by atomic mass is 32.2. The van der Waals surface area contributed by atoms with Crippen molar-refractivity contribution in [3.8, 4) is 11.3 Å². The first kappa shape index (κ1) is 28.6. The number of nitrogens with zero attached hydrogens (tertiary/aromatic N) is 5. The van der Waals surface area contributed by atoms with E-state index in [1.54, 1.807) is 30.6 Å².